The summed E-state index contributed by atoms with van der Waals surface area (Å²) in [6.45, 7) is 1.45. The van der Waals surface area contributed by atoms with E-state index in [2.05, 4.69) is 19.2 Å². The molecule has 1 heterocycles. The highest BCUT2D eigenvalue weighted by Crippen LogP contribution is 2.32. The molecule has 98 valence electrons. The summed E-state index contributed by atoms with van der Waals surface area (Å²) < 4.78 is 10.8. The summed E-state index contributed by atoms with van der Waals surface area (Å²) >= 11 is 0. The van der Waals surface area contributed by atoms with Crippen LogP contribution in [0.3, 0.4) is 0 Å². The third-order valence-corrected chi connectivity index (χ3v) is 4.22. The Labute approximate surface area is 109 Å². The van der Waals surface area contributed by atoms with Crippen LogP contribution in [0, 0.1) is 0 Å². The highest BCUT2D eigenvalue weighted by atomic mass is 16.7. The van der Waals surface area contributed by atoms with Gasteiger partial charge in [-0.2, -0.15) is 0 Å². The standard InChI is InChI=1S/C15H21NO2/c1-16(13-5-3-2-4-6-13)10-12-7-8-14-15(9-12)18-11-17-14/h7-9,13H,2-6,10-11H2,1H3/p+1. The number of fused-ring (bicyclic) bond motifs is 1. The van der Waals surface area contributed by atoms with E-state index < -0.39 is 0 Å². The molecule has 3 heteroatoms. The summed E-state index contributed by atoms with van der Waals surface area (Å²) in [5.41, 5.74) is 1.35. The van der Waals surface area contributed by atoms with E-state index in [9.17, 15) is 0 Å². The maximum atomic E-state index is 5.43. The molecule has 0 aromatic heterocycles. The molecule has 1 unspecified atom stereocenters. The lowest BCUT2D eigenvalue weighted by molar-refractivity contribution is -0.921. The molecule has 1 N–H and O–H groups in total. The predicted molar refractivity (Wildman–Crippen MR) is 70.0 cm³/mol. The average Bonchev–Trinajstić information content (AvgIpc) is 2.87. The van der Waals surface area contributed by atoms with Gasteiger partial charge in [0.1, 0.15) is 6.54 Å². The molecule has 1 atom stereocenters. The molecule has 2 aliphatic rings. The molecule has 1 aliphatic heterocycles. The normalized spacial score (nSPS) is 20.9. The van der Waals surface area contributed by atoms with Gasteiger partial charge in [0.2, 0.25) is 6.79 Å². The van der Waals surface area contributed by atoms with Crippen molar-refractivity contribution in [2.45, 2.75) is 44.7 Å². The summed E-state index contributed by atoms with van der Waals surface area (Å²) in [6, 6.07) is 7.17. The van der Waals surface area contributed by atoms with Crippen LogP contribution >= 0.6 is 0 Å². The Bertz CT molecular complexity index is 413. The topological polar surface area (TPSA) is 22.9 Å². The highest BCUT2D eigenvalue weighted by Gasteiger charge is 2.22. The minimum Gasteiger partial charge on any atom is -0.454 e. The molecule has 0 bridgehead atoms. The molecule has 1 aromatic rings. The smallest absolute Gasteiger partial charge is 0.231 e. The first-order valence-corrected chi connectivity index (χ1v) is 7.04. The minimum atomic E-state index is 0.365. The molecular weight excluding hydrogens is 226 g/mol. The van der Waals surface area contributed by atoms with Crippen LogP contribution < -0.4 is 14.4 Å². The fourth-order valence-electron chi connectivity index (χ4n) is 3.11. The maximum Gasteiger partial charge on any atom is 0.231 e. The van der Waals surface area contributed by atoms with Crippen LogP contribution in [0.25, 0.3) is 0 Å². The van der Waals surface area contributed by atoms with Gasteiger partial charge in [-0.15, -0.1) is 0 Å². The molecule has 0 spiro atoms. The van der Waals surface area contributed by atoms with Gasteiger partial charge in [-0.25, -0.2) is 0 Å². The Morgan fingerprint density at radius 1 is 1.11 bits per heavy atom. The molecule has 0 radical (unpaired) electrons. The van der Waals surface area contributed by atoms with Gasteiger partial charge in [-0.05, 0) is 43.9 Å². The van der Waals surface area contributed by atoms with E-state index in [0.29, 0.717) is 6.79 Å². The second-order valence-electron chi connectivity index (χ2n) is 5.55. The monoisotopic (exact) mass is 248 g/mol. The van der Waals surface area contributed by atoms with E-state index >= 15 is 0 Å². The van der Waals surface area contributed by atoms with Crippen molar-refractivity contribution in [3.8, 4) is 11.5 Å². The molecule has 18 heavy (non-hydrogen) atoms. The fraction of sp³-hybridized carbons (Fsp3) is 0.600. The zero-order valence-corrected chi connectivity index (χ0v) is 11.1. The number of hydrogen-bond donors (Lipinski definition) is 1. The summed E-state index contributed by atoms with van der Waals surface area (Å²) in [5, 5.41) is 0. The van der Waals surface area contributed by atoms with Crippen LogP contribution in [0.5, 0.6) is 11.5 Å². The van der Waals surface area contributed by atoms with E-state index in [-0.39, 0.29) is 0 Å². The third-order valence-electron chi connectivity index (χ3n) is 4.22. The van der Waals surface area contributed by atoms with Crippen LogP contribution in [0.15, 0.2) is 18.2 Å². The van der Waals surface area contributed by atoms with Gasteiger partial charge >= 0.3 is 0 Å². The number of benzene rings is 1. The van der Waals surface area contributed by atoms with Crippen molar-refractivity contribution in [2.24, 2.45) is 0 Å². The van der Waals surface area contributed by atoms with Crippen LogP contribution in [0.1, 0.15) is 37.7 Å². The largest absolute Gasteiger partial charge is 0.454 e. The van der Waals surface area contributed by atoms with Gasteiger partial charge < -0.3 is 14.4 Å². The quantitative estimate of drug-likeness (QED) is 0.881. The summed E-state index contributed by atoms with van der Waals surface area (Å²) in [7, 11) is 2.32. The van der Waals surface area contributed by atoms with Crippen LogP contribution in [-0.4, -0.2) is 19.9 Å². The Morgan fingerprint density at radius 3 is 2.72 bits per heavy atom. The lowest BCUT2D eigenvalue weighted by Crippen LogP contribution is -3.11. The van der Waals surface area contributed by atoms with Crippen LogP contribution in [0.4, 0.5) is 0 Å². The molecule has 1 aromatic carbocycles. The van der Waals surface area contributed by atoms with E-state index in [1.165, 1.54) is 37.7 Å². The first-order chi connectivity index (χ1) is 8.83. The molecule has 1 fully saturated rings. The number of hydrogen-bond acceptors (Lipinski definition) is 2. The Hall–Kier alpha value is -1.22. The van der Waals surface area contributed by atoms with E-state index in [1.807, 2.05) is 6.07 Å². The van der Waals surface area contributed by atoms with E-state index in [1.54, 1.807) is 4.90 Å². The predicted octanol–water partition coefficient (Wildman–Crippen LogP) is 1.76. The van der Waals surface area contributed by atoms with E-state index in [4.69, 9.17) is 9.47 Å². The molecule has 0 amide bonds. The number of rotatable bonds is 3. The van der Waals surface area contributed by atoms with Gasteiger partial charge in [0.25, 0.3) is 0 Å². The number of ether oxygens (including phenoxy) is 2. The van der Waals surface area contributed by atoms with Crippen molar-refractivity contribution in [3.05, 3.63) is 23.8 Å². The Kier molecular flexibility index (Phi) is 3.41. The SMILES string of the molecule is C[NH+](Cc1ccc2c(c1)OCO2)C1CCCCC1. The first kappa shape index (κ1) is 11.8. The van der Waals surface area contributed by atoms with Gasteiger partial charge in [0.05, 0.1) is 13.1 Å². The Morgan fingerprint density at radius 2 is 1.89 bits per heavy atom. The van der Waals surface area contributed by atoms with Gasteiger partial charge in [-0.1, -0.05) is 6.42 Å². The lowest BCUT2D eigenvalue weighted by atomic mass is 9.94. The first-order valence-electron chi connectivity index (χ1n) is 7.04. The molecule has 1 aliphatic carbocycles. The molecular formula is C15H22NO2+. The molecule has 1 saturated carbocycles. The summed E-state index contributed by atoms with van der Waals surface area (Å²) in [5.74, 6) is 1.79. The Balaban J connectivity index is 1.64. The van der Waals surface area contributed by atoms with Crippen molar-refractivity contribution in [1.29, 1.82) is 0 Å². The van der Waals surface area contributed by atoms with Crippen molar-refractivity contribution < 1.29 is 14.4 Å². The zero-order valence-electron chi connectivity index (χ0n) is 11.1. The average molecular weight is 248 g/mol. The van der Waals surface area contributed by atoms with Gasteiger partial charge in [-0.3, -0.25) is 0 Å². The van der Waals surface area contributed by atoms with Crippen LogP contribution in [-0.2, 0) is 6.54 Å². The van der Waals surface area contributed by atoms with Crippen molar-refractivity contribution in [2.75, 3.05) is 13.8 Å². The second kappa shape index (κ2) is 5.19. The number of quaternary nitrogens is 1. The van der Waals surface area contributed by atoms with Crippen LogP contribution in [0.2, 0.25) is 0 Å². The van der Waals surface area contributed by atoms with E-state index in [0.717, 1.165) is 24.1 Å². The molecule has 0 saturated heterocycles. The van der Waals surface area contributed by atoms with Crippen molar-refractivity contribution in [3.63, 3.8) is 0 Å². The van der Waals surface area contributed by atoms with Crippen molar-refractivity contribution in [1.82, 2.24) is 0 Å². The second-order valence-corrected chi connectivity index (χ2v) is 5.55. The number of nitrogens with one attached hydrogen (secondary N) is 1. The lowest BCUT2D eigenvalue weighted by Gasteiger charge is -2.28. The molecule has 3 rings (SSSR count). The molecule has 3 nitrogen and oxygen atoms in total. The van der Waals surface area contributed by atoms with Gasteiger partial charge in [0, 0.05) is 5.56 Å². The maximum absolute atomic E-state index is 5.43. The highest BCUT2D eigenvalue weighted by molar-refractivity contribution is 5.44. The zero-order chi connectivity index (χ0) is 12.4. The third kappa shape index (κ3) is 2.46. The van der Waals surface area contributed by atoms with Gasteiger partial charge in [0.15, 0.2) is 11.5 Å². The fourth-order valence-corrected chi connectivity index (χ4v) is 3.11. The summed E-state index contributed by atoms with van der Waals surface area (Å²) in [4.78, 5) is 1.63. The van der Waals surface area contributed by atoms with Crippen molar-refractivity contribution >= 4 is 0 Å². The minimum absolute atomic E-state index is 0.365. The summed E-state index contributed by atoms with van der Waals surface area (Å²) in [6.07, 6.45) is 7.01.